The molecule has 0 aromatic rings. The van der Waals surface area contributed by atoms with E-state index in [-0.39, 0.29) is 18.0 Å². The second kappa shape index (κ2) is 3.23. The van der Waals surface area contributed by atoms with E-state index < -0.39 is 24.7 Å². The minimum Gasteiger partial charge on any atom is -0.319 e. The molecule has 3 aliphatic heterocycles. The van der Waals surface area contributed by atoms with Crippen molar-refractivity contribution in [3.63, 3.8) is 0 Å². The van der Waals surface area contributed by atoms with Crippen molar-refractivity contribution in [1.82, 2.24) is 31.5 Å². The molecule has 3 rings (SSSR count). The van der Waals surface area contributed by atoms with Gasteiger partial charge in [0.25, 0.3) is 0 Å². The fraction of sp³-hybridized carbons (Fsp3) is 0.625. The first kappa shape index (κ1) is 10.1. The number of amides is 5. The van der Waals surface area contributed by atoms with Crippen LogP contribution in [0.3, 0.4) is 0 Å². The summed E-state index contributed by atoms with van der Waals surface area (Å²) in [5, 5.41) is 13.6. The second-order valence-electron chi connectivity index (χ2n) is 4.17. The molecule has 5 amide bonds. The molecular weight excluding hydrogens is 228 g/mol. The molecule has 3 saturated heterocycles. The standard InChI is InChI=1S/C8H12N6O3/c1-2(15)14-5-3(10-7(16)12-5)9-4-6(14)13-8(17)11-4/h3-6,9H,1H3,(H2,10,12,16)(H2,11,13,17)/t3-,4-,5-,6+/m0/s1. The van der Waals surface area contributed by atoms with Crippen molar-refractivity contribution in [2.24, 2.45) is 0 Å². The van der Waals surface area contributed by atoms with Gasteiger partial charge in [0.15, 0.2) is 0 Å². The second-order valence-corrected chi connectivity index (χ2v) is 4.17. The van der Waals surface area contributed by atoms with E-state index in [0.29, 0.717) is 0 Å². The summed E-state index contributed by atoms with van der Waals surface area (Å²) >= 11 is 0. The largest absolute Gasteiger partial charge is 0.319 e. The third kappa shape index (κ3) is 1.39. The van der Waals surface area contributed by atoms with Crippen molar-refractivity contribution in [2.75, 3.05) is 0 Å². The Morgan fingerprint density at radius 2 is 1.47 bits per heavy atom. The molecule has 0 aromatic carbocycles. The summed E-state index contributed by atoms with van der Waals surface area (Å²) in [6.07, 6.45) is -1.82. The van der Waals surface area contributed by atoms with Gasteiger partial charge < -0.3 is 21.3 Å². The van der Waals surface area contributed by atoms with Gasteiger partial charge in [-0.05, 0) is 0 Å². The van der Waals surface area contributed by atoms with Crippen LogP contribution in [-0.2, 0) is 4.79 Å². The van der Waals surface area contributed by atoms with Gasteiger partial charge in [-0.1, -0.05) is 0 Å². The predicted molar refractivity (Wildman–Crippen MR) is 54.1 cm³/mol. The van der Waals surface area contributed by atoms with Gasteiger partial charge in [-0.2, -0.15) is 0 Å². The average Bonchev–Trinajstić information content (AvgIpc) is 2.73. The lowest BCUT2D eigenvalue weighted by molar-refractivity contribution is -0.138. The summed E-state index contributed by atoms with van der Waals surface area (Å²) in [5.41, 5.74) is 0. The summed E-state index contributed by atoms with van der Waals surface area (Å²) in [6, 6.07) is -0.685. The zero-order valence-corrected chi connectivity index (χ0v) is 8.98. The van der Waals surface area contributed by atoms with E-state index >= 15 is 0 Å². The number of rotatable bonds is 0. The van der Waals surface area contributed by atoms with Crippen LogP contribution in [0, 0.1) is 0 Å². The van der Waals surface area contributed by atoms with Crippen LogP contribution in [0.4, 0.5) is 9.59 Å². The van der Waals surface area contributed by atoms with Gasteiger partial charge in [0, 0.05) is 6.92 Å². The van der Waals surface area contributed by atoms with Crippen molar-refractivity contribution in [3.8, 4) is 0 Å². The molecule has 5 N–H and O–H groups in total. The lowest BCUT2D eigenvalue weighted by atomic mass is 10.2. The first-order valence-corrected chi connectivity index (χ1v) is 5.25. The summed E-state index contributed by atoms with van der Waals surface area (Å²) < 4.78 is 0. The maximum atomic E-state index is 11.6. The van der Waals surface area contributed by atoms with Crippen molar-refractivity contribution in [2.45, 2.75) is 31.6 Å². The van der Waals surface area contributed by atoms with Gasteiger partial charge in [0.1, 0.15) is 24.7 Å². The van der Waals surface area contributed by atoms with Crippen LogP contribution in [0.5, 0.6) is 0 Å². The number of carbonyl (C=O) groups is 3. The Morgan fingerprint density at radius 3 is 1.88 bits per heavy atom. The van der Waals surface area contributed by atoms with E-state index in [1.165, 1.54) is 11.8 Å². The van der Waals surface area contributed by atoms with Crippen molar-refractivity contribution >= 4 is 18.0 Å². The van der Waals surface area contributed by atoms with E-state index in [1.54, 1.807) is 0 Å². The number of carbonyl (C=O) groups excluding carboxylic acids is 3. The van der Waals surface area contributed by atoms with Gasteiger partial charge in [0.05, 0.1) is 0 Å². The quantitative estimate of drug-likeness (QED) is 0.318. The van der Waals surface area contributed by atoms with E-state index in [4.69, 9.17) is 0 Å². The molecular formula is C8H12N6O3. The fourth-order valence-electron chi connectivity index (χ4n) is 2.44. The summed E-state index contributed by atoms with van der Waals surface area (Å²) in [7, 11) is 0. The topological polar surface area (TPSA) is 115 Å². The Kier molecular flexibility index (Phi) is 1.93. The minimum absolute atomic E-state index is 0.218. The minimum atomic E-state index is -0.499. The number of nitrogens with zero attached hydrogens (tertiary/aromatic N) is 1. The van der Waals surface area contributed by atoms with Gasteiger partial charge in [0.2, 0.25) is 5.91 Å². The third-order valence-corrected chi connectivity index (χ3v) is 3.08. The predicted octanol–water partition coefficient (Wildman–Crippen LogP) is -2.63. The van der Waals surface area contributed by atoms with Crippen LogP contribution in [0.15, 0.2) is 0 Å². The molecule has 0 bridgehead atoms. The fourth-order valence-corrected chi connectivity index (χ4v) is 2.44. The smallest absolute Gasteiger partial charge is 0.317 e. The van der Waals surface area contributed by atoms with Gasteiger partial charge >= 0.3 is 12.1 Å². The molecule has 0 radical (unpaired) electrons. The van der Waals surface area contributed by atoms with Crippen LogP contribution < -0.4 is 26.6 Å². The SMILES string of the molecule is CC(=O)N1[C@@H]2NC(=O)N[C@@H]2N[C@H]2NC(=O)N[C@@H]21. The highest BCUT2D eigenvalue weighted by Crippen LogP contribution is 2.19. The average molecular weight is 240 g/mol. The highest BCUT2D eigenvalue weighted by Gasteiger charge is 2.51. The van der Waals surface area contributed by atoms with E-state index in [0.717, 1.165) is 0 Å². The third-order valence-electron chi connectivity index (χ3n) is 3.08. The molecule has 9 nitrogen and oxygen atoms in total. The monoisotopic (exact) mass is 240 g/mol. The Hall–Kier alpha value is -2.03. The first-order valence-electron chi connectivity index (χ1n) is 5.25. The Labute approximate surface area is 96.3 Å². The normalized spacial score (nSPS) is 38.5. The Morgan fingerprint density at radius 1 is 1.00 bits per heavy atom. The summed E-state index contributed by atoms with van der Waals surface area (Å²) in [5.74, 6) is -0.218. The van der Waals surface area contributed by atoms with E-state index in [2.05, 4.69) is 26.6 Å². The van der Waals surface area contributed by atoms with Gasteiger partial charge in [-0.15, -0.1) is 0 Å². The lowest BCUT2D eigenvalue weighted by Gasteiger charge is -2.43. The highest BCUT2D eigenvalue weighted by atomic mass is 16.2. The van der Waals surface area contributed by atoms with Crippen molar-refractivity contribution in [1.29, 1.82) is 0 Å². The maximum Gasteiger partial charge on any atom is 0.317 e. The number of fused-ring (bicyclic) bond motifs is 2. The summed E-state index contributed by atoms with van der Waals surface area (Å²) in [6.45, 7) is 1.40. The molecule has 0 aliphatic carbocycles. The van der Waals surface area contributed by atoms with E-state index in [1.807, 2.05) is 0 Å². The summed E-state index contributed by atoms with van der Waals surface area (Å²) in [4.78, 5) is 35.6. The number of hydrogen-bond acceptors (Lipinski definition) is 4. The lowest BCUT2D eigenvalue weighted by Crippen LogP contribution is -2.73. The number of hydrogen-bond donors (Lipinski definition) is 5. The molecule has 3 heterocycles. The van der Waals surface area contributed by atoms with Crippen molar-refractivity contribution in [3.05, 3.63) is 0 Å². The molecule has 0 spiro atoms. The molecule has 3 fully saturated rings. The molecule has 4 atom stereocenters. The van der Waals surface area contributed by atoms with Crippen LogP contribution in [0.1, 0.15) is 6.92 Å². The van der Waals surface area contributed by atoms with E-state index in [9.17, 15) is 14.4 Å². The molecule has 0 saturated carbocycles. The van der Waals surface area contributed by atoms with Crippen LogP contribution in [0.25, 0.3) is 0 Å². The molecule has 9 heteroatoms. The van der Waals surface area contributed by atoms with Gasteiger partial charge in [-0.25, -0.2) is 9.59 Å². The number of piperazine rings is 1. The van der Waals surface area contributed by atoms with Crippen LogP contribution in [0.2, 0.25) is 0 Å². The molecule has 92 valence electrons. The van der Waals surface area contributed by atoms with Crippen LogP contribution >= 0.6 is 0 Å². The Bertz CT molecular complexity index is 382. The van der Waals surface area contributed by atoms with Crippen LogP contribution in [-0.4, -0.2) is 47.5 Å². The highest BCUT2D eigenvalue weighted by molar-refractivity contribution is 5.83. The first-order chi connectivity index (χ1) is 8.06. The maximum absolute atomic E-state index is 11.6. The Balaban J connectivity index is 1.92. The zero-order chi connectivity index (χ0) is 12.2. The van der Waals surface area contributed by atoms with Gasteiger partial charge in [-0.3, -0.25) is 15.0 Å². The molecule has 3 aliphatic rings. The molecule has 17 heavy (non-hydrogen) atoms. The number of urea groups is 2. The zero-order valence-electron chi connectivity index (χ0n) is 8.98. The molecule has 0 aromatic heterocycles. The number of nitrogens with one attached hydrogen (secondary N) is 5. The molecule has 0 unspecified atom stereocenters. The van der Waals surface area contributed by atoms with Crippen molar-refractivity contribution < 1.29 is 14.4 Å².